The maximum Gasteiger partial charge on any atom is 0.274 e. The topological polar surface area (TPSA) is 92.1 Å². The number of carbonyl (C=O) groups excluding carboxylic acids is 2. The average Bonchev–Trinajstić information content (AvgIpc) is 2.87. The molecule has 0 saturated heterocycles. The Balaban J connectivity index is 1.89. The second-order valence-electron chi connectivity index (χ2n) is 6.60. The second kappa shape index (κ2) is 7.51. The number of aromatic amines is 1. The minimum absolute atomic E-state index is 0.0822. The van der Waals surface area contributed by atoms with Crippen LogP contribution < -0.4 is 5.73 Å². The number of hydrogen-bond acceptors (Lipinski definition) is 3. The summed E-state index contributed by atoms with van der Waals surface area (Å²) in [6.07, 6.45) is 5.24. The van der Waals surface area contributed by atoms with Gasteiger partial charge < -0.3 is 10.6 Å². The van der Waals surface area contributed by atoms with E-state index >= 15 is 0 Å². The van der Waals surface area contributed by atoms with Gasteiger partial charge in [-0.15, -0.1) is 0 Å². The number of H-pyrrole nitrogens is 1. The standard InChI is InChI=1S/C19H24N4O2/c1-23(16(12-17(20)24)13-8-4-2-5-9-13)19(25)18-14-10-6-3-7-11-15(14)21-22-18/h2,4-5,8-9,16H,3,6-7,10-12H2,1H3,(H2,20,24)(H,21,22)/t16-/m1/s1. The summed E-state index contributed by atoms with van der Waals surface area (Å²) in [4.78, 5) is 26.2. The van der Waals surface area contributed by atoms with Gasteiger partial charge in [0.15, 0.2) is 5.69 Å². The van der Waals surface area contributed by atoms with Crippen LogP contribution in [0.15, 0.2) is 30.3 Å². The van der Waals surface area contributed by atoms with Crippen LogP contribution >= 0.6 is 0 Å². The quantitative estimate of drug-likeness (QED) is 0.819. The highest BCUT2D eigenvalue weighted by molar-refractivity contribution is 5.94. The van der Waals surface area contributed by atoms with Gasteiger partial charge in [0.1, 0.15) is 0 Å². The molecule has 1 aliphatic rings. The Morgan fingerprint density at radius 2 is 1.92 bits per heavy atom. The Labute approximate surface area is 147 Å². The number of fused-ring (bicyclic) bond motifs is 1. The number of aryl methyl sites for hydroxylation is 1. The lowest BCUT2D eigenvalue weighted by atomic mass is 10.0. The number of nitrogens with zero attached hydrogens (tertiary/aromatic N) is 2. The molecule has 1 aromatic heterocycles. The van der Waals surface area contributed by atoms with Gasteiger partial charge in [-0.3, -0.25) is 14.7 Å². The van der Waals surface area contributed by atoms with Crippen LogP contribution in [0, 0.1) is 0 Å². The zero-order valence-corrected chi connectivity index (χ0v) is 14.5. The molecule has 0 unspecified atom stereocenters. The lowest BCUT2D eigenvalue weighted by molar-refractivity contribution is -0.119. The van der Waals surface area contributed by atoms with E-state index in [2.05, 4.69) is 10.2 Å². The highest BCUT2D eigenvalue weighted by atomic mass is 16.2. The Bertz CT molecular complexity index is 754. The molecular formula is C19H24N4O2. The summed E-state index contributed by atoms with van der Waals surface area (Å²) < 4.78 is 0. The van der Waals surface area contributed by atoms with Crippen molar-refractivity contribution in [2.75, 3.05) is 7.05 Å². The van der Waals surface area contributed by atoms with Crippen LogP contribution in [0.1, 0.15) is 59.0 Å². The molecule has 0 radical (unpaired) electrons. The van der Waals surface area contributed by atoms with Gasteiger partial charge >= 0.3 is 0 Å². The monoisotopic (exact) mass is 340 g/mol. The van der Waals surface area contributed by atoms with Crippen molar-refractivity contribution in [2.24, 2.45) is 5.73 Å². The number of nitrogens with one attached hydrogen (secondary N) is 1. The Hall–Kier alpha value is -2.63. The van der Waals surface area contributed by atoms with Crippen molar-refractivity contribution >= 4 is 11.8 Å². The predicted octanol–water partition coefficient (Wildman–Crippen LogP) is 2.37. The smallest absolute Gasteiger partial charge is 0.274 e. The van der Waals surface area contributed by atoms with Gasteiger partial charge in [0.25, 0.3) is 5.91 Å². The number of carbonyl (C=O) groups is 2. The van der Waals surface area contributed by atoms with Gasteiger partial charge in [-0.05, 0) is 31.2 Å². The normalized spacial score (nSPS) is 15.1. The fourth-order valence-electron chi connectivity index (χ4n) is 3.49. The Morgan fingerprint density at radius 3 is 2.64 bits per heavy atom. The maximum absolute atomic E-state index is 13.1. The molecule has 2 amide bonds. The SMILES string of the molecule is CN(C(=O)c1n[nH]c2c1CCCCC2)[C@H](CC(N)=O)c1ccccc1. The number of rotatable bonds is 5. The van der Waals surface area contributed by atoms with Gasteiger partial charge in [-0.2, -0.15) is 5.10 Å². The van der Waals surface area contributed by atoms with Crippen LogP contribution in [0.5, 0.6) is 0 Å². The van der Waals surface area contributed by atoms with Crippen LogP contribution in [0.2, 0.25) is 0 Å². The first-order valence-electron chi connectivity index (χ1n) is 8.74. The first-order chi connectivity index (χ1) is 12.1. The van der Waals surface area contributed by atoms with Gasteiger partial charge in [0, 0.05) is 18.3 Å². The van der Waals surface area contributed by atoms with Crippen LogP contribution in [0.25, 0.3) is 0 Å². The van der Waals surface area contributed by atoms with E-state index in [0.717, 1.165) is 42.5 Å². The number of benzene rings is 1. The molecule has 6 nitrogen and oxygen atoms in total. The van der Waals surface area contributed by atoms with Crippen molar-refractivity contribution in [2.45, 2.75) is 44.6 Å². The molecule has 0 fully saturated rings. The summed E-state index contributed by atoms with van der Waals surface area (Å²) in [5.41, 5.74) is 8.88. The van der Waals surface area contributed by atoms with E-state index in [0.29, 0.717) is 5.69 Å². The lowest BCUT2D eigenvalue weighted by Gasteiger charge is -2.27. The van der Waals surface area contributed by atoms with E-state index in [-0.39, 0.29) is 12.3 Å². The zero-order chi connectivity index (χ0) is 17.8. The zero-order valence-electron chi connectivity index (χ0n) is 14.5. The van der Waals surface area contributed by atoms with Crippen LogP contribution in [-0.4, -0.2) is 34.0 Å². The Kier molecular flexibility index (Phi) is 5.16. The van der Waals surface area contributed by atoms with Crippen molar-refractivity contribution in [1.29, 1.82) is 0 Å². The molecule has 25 heavy (non-hydrogen) atoms. The predicted molar refractivity (Wildman–Crippen MR) is 94.9 cm³/mol. The molecule has 1 aromatic carbocycles. The van der Waals surface area contributed by atoms with Crippen molar-refractivity contribution in [3.05, 3.63) is 52.8 Å². The molecule has 0 bridgehead atoms. The molecule has 2 aromatic rings. The third kappa shape index (κ3) is 3.73. The van der Waals surface area contributed by atoms with Crippen molar-refractivity contribution < 1.29 is 9.59 Å². The summed E-state index contributed by atoms with van der Waals surface area (Å²) in [6, 6.07) is 9.10. The summed E-state index contributed by atoms with van der Waals surface area (Å²) in [5.74, 6) is -0.608. The average molecular weight is 340 g/mol. The third-order valence-electron chi connectivity index (χ3n) is 4.88. The largest absolute Gasteiger partial charge is 0.370 e. The molecule has 1 heterocycles. The molecule has 3 rings (SSSR count). The van der Waals surface area contributed by atoms with E-state index < -0.39 is 11.9 Å². The van der Waals surface area contributed by atoms with Gasteiger partial charge in [-0.1, -0.05) is 36.8 Å². The number of aromatic nitrogens is 2. The summed E-state index contributed by atoms with van der Waals surface area (Å²) in [7, 11) is 1.71. The number of primary amides is 1. The third-order valence-corrected chi connectivity index (χ3v) is 4.88. The highest BCUT2D eigenvalue weighted by Crippen LogP contribution is 2.27. The van der Waals surface area contributed by atoms with E-state index in [9.17, 15) is 9.59 Å². The lowest BCUT2D eigenvalue weighted by Crippen LogP contribution is -2.34. The van der Waals surface area contributed by atoms with Crippen molar-refractivity contribution in [3.8, 4) is 0 Å². The van der Waals surface area contributed by atoms with Gasteiger partial charge in [0.2, 0.25) is 5.91 Å². The van der Waals surface area contributed by atoms with E-state index in [4.69, 9.17) is 5.73 Å². The minimum Gasteiger partial charge on any atom is -0.370 e. The van der Waals surface area contributed by atoms with Crippen LogP contribution in [0.4, 0.5) is 0 Å². The molecular weight excluding hydrogens is 316 g/mol. The maximum atomic E-state index is 13.1. The minimum atomic E-state index is -0.436. The van der Waals surface area contributed by atoms with E-state index in [1.807, 2.05) is 30.3 Å². The first-order valence-corrected chi connectivity index (χ1v) is 8.74. The van der Waals surface area contributed by atoms with Gasteiger partial charge in [-0.25, -0.2) is 0 Å². The molecule has 3 N–H and O–H groups in total. The molecule has 1 atom stereocenters. The molecule has 0 saturated carbocycles. The fraction of sp³-hybridized carbons (Fsp3) is 0.421. The van der Waals surface area contributed by atoms with Gasteiger partial charge in [0.05, 0.1) is 12.5 Å². The number of hydrogen-bond donors (Lipinski definition) is 2. The molecule has 132 valence electrons. The summed E-state index contributed by atoms with van der Waals surface area (Å²) in [5, 5.41) is 7.32. The number of nitrogens with two attached hydrogens (primary N) is 1. The first kappa shape index (κ1) is 17.2. The molecule has 6 heteroatoms. The highest BCUT2D eigenvalue weighted by Gasteiger charge is 2.29. The Morgan fingerprint density at radius 1 is 1.20 bits per heavy atom. The van der Waals surface area contributed by atoms with Crippen LogP contribution in [-0.2, 0) is 17.6 Å². The summed E-state index contributed by atoms with van der Waals surface area (Å²) >= 11 is 0. The van der Waals surface area contributed by atoms with Crippen LogP contribution in [0.3, 0.4) is 0 Å². The van der Waals surface area contributed by atoms with Crippen molar-refractivity contribution in [3.63, 3.8) is 0 Å². The van der Waals surface area contributed by atoms with Crippen molar-refractivity contribution in [1.82, 2.24) is 15.1 Å². The second-order valence-corrected chi connectivity index (χ2v) is 6.60. The van der Waals surface area contributed by atoms with E-state index in [1.54, 1.807) is 11.9 Å². The fourth-order valence-corrected chi connectivity index (χ4v) is 3.49. The van der Waals surface area contributed by atoms with E-state index in [1.165, 1.54) is 6.42 Å². The number of amides is 2. The molecule has 0 aliphatic heterocycles. The molecule has 1 aliphatic carbocycles. The molecule has 0 spiro atoms. The summed E-state index contributed by atoms with van der Waals surface area (Å²) in [6.45, 7) is 0.